The minimum Gasteiger partial charge on any atom is -0.337 e. The maximum absolute atomic E-state index is 14.2. The quantitative estimate of drug-likeness (QED) is 0.290. The van der Waals surface area contributed by atoms with Gasteiger partial charge in [-0.15, -0.1) is 0 Å². The Morgan fingerprint density at radius 1 is 0.943 bits per heavy atom. The number of aromatic nitrogens is 1. The highest BCUT2D eigenvalue weighted by Crippen LogP contribution is 2.29. The standard InChI is InChI=1S/C28H29FN2O3S/c1-2-3-17-30(18-22-11-5-4-6-12-22)28(32)20-31-19-27(24-14-8-10-16-26(24)31)35(33,34)21-23-13-7-9-15-25(23)29/h4-16,19H,2-3,17-18,20-21H2,1H3. The van der Waals surface area contributed by atoms with Crippen molar-refractivity contribution in [2.45, 2.75) is 43.5 Å². The van der Waals surface area contributed by atoms with Gasteiger partial charge in [0.2, 0.25) is 5.91 Å². The topological polar surface area (TPSA) is 59.4 Å². The molecular formula is C28H29FN2O3S. The van der Waals surface area contributed by atoms with Crippen molar-refractivity contribution in [2.75, 3.05) is 6.54 Å². The van der Waals surface area contributed by atoms with E-state index >= 15 is 0 Å². The van der Waals surface area contributed by atoms with Crippen LogP contribution in [0.25, 0.3) is 10.9 Å². The van der Waals surface area contributed by atoms with Gasteiger partial charge in [0, 0.05) is 35.8 Å². The number of fused-ring (bicyclic) bond motifs is 1. The van der Waals surface area contributed by atoms with E-state index in [1.165, 1.54) is 24.4 Å². The summed E-state index contributed by atoms with van der Waals surface area (Å²) in [5.41, 5.74) is 1.82. The fraction of sp³-hybridized carbons (Fsp3) is 0.250. The van der Waals surface area contributed by atoms with Crippen molar-refractivity contribution >= 4 is 26.6 Å². The number of sulfone groups is 1. The number of amides is 1. The third-order valence-electron chi connectivity index (χ3n) is 6.05. The third kappa shape index (κ3) is 5.80. The van der Waals surface area contributed by atoms with Crippen LogP contribution >= 0.6 is 0 Å². The number of carbonyl (C=O) groups is 1. The molecule has 0 bridgehead atoms. The lowest BCUT2D eigenvalue weighted by Crippen LogP contribution is -2.34. The summed E-state index contributed by atoms with van der Waals surface area (Å²) in [6.07, 6.45) is 3.36. The van der Waals surface area contributed by atoms with E-state index < -0.39 is 21.4 Å². The number of carbonyl (C=O) groups excluding carboxylic acids is 1. The molecule has 0 aliphatic carbocycles. The van der Waals surface area contributed by atoms with Gasteiger partial charge < -0.3 is 9.47 Å². The summed E-state index contributed by atoms with van der Waals surface area (Å²) in [5, 5.41) is 0.528. The number of halogens is 1. The van der Waals surface area contributed by atoms with Crippen LogP contribution in [0.4, 0.5) is 4.39 Å². The molecule has 0 unspecified atom stereocenters. The van der Waals surface area contributed by atoms with Gasteiger partial charge in [-0.3, -0.25) is 4.79 Å². The average Bonchev–Trinajstić information content (AvgIpc) is 3.23. The second kappa shape index (κ2) is 10.9. The highest BCUT2D eigenvalue weighted by Gasteiger charge is 2.24. The molecular weight excluding hydrogens is 463 g/mol. The Hall–Kier alpha value is -3.45. The molecule has 1 heterocycles. The summed E-state index contributed by atoms with van der Waals surface area (Å²) in [6.45, 7) is 3.22. The summed E-state index contributed by atoms with van der Waals surface area (Å²) >= 11 is 0. The molecule has 4 aromatic rings. The maximum atomic E-state index is 14.2. The average molecular weight is 493 g/mol. The molecule has 0 radical (unpaired) electrons. The highest BCUT2D eigenvalue weighted by atomic mass is 32.2. The Kier molecular flexibility index (Phi) is 7.66. The fourth-order valence-corrected chi connectivity index (χ4v) is 5.77. The molecule has 5 nitrogen and oxygen atoms in total. The molecule has 0 atom stereocenters. The lowest BCUT2D eigenvalue weighted by molar-refractivity contribution is -0.132. The van der Waals surface area contributed by atoms with Crippen molar-refractivity contribution in [3.63, 3.8) is 0 Å². The predicted octanol–water partition coefficient (Wildman–Crippen LogP) is 5.58. The van der Waals surface area contributed by atoms with E-state index in [4.69, 9.17) is 0 Å². The zero-order valence-corrected chi connectivity index (χ0v) is 20.5. The van der Waals surface area contributed by atoms with Crippen LogP contribution in [-0.2, 0) is 33.5 Å². The molecule has 3 aromatic carbocycles. The monoisotopic (exact) mass is 492 g/mol. The van der Waals surface area contributed by atoms with Gasteiger partial charge in [-0.05, 0) is 24.1 Å². The Morgan fingerprint density at radius 3 is 2.37 bits per heavy atom. The first kappa shape index (κ1) is 24.7. The lowest BCUT2D eigenvalue weighted by Gasteiger charge is -2.23. The molecule has 0 spiro atoms. The Bertz CT molecular complexity index is 1410. The van der Waals surface area contributed by atoms with E-state index in [2.05, 4.69) is 6.92 Å². The molecule has 182 valence electrons. The number of benzene rings is 3. The van der Waals surface area contributed by atoms with Crippen molar-refractivity contribution in [1.29, 1.82) is 0 Å². The second-order valence-electron chi connectivity index (χ2n) is 8.64. The van der Waals surface area contributed by atoms with Crippen LogP contribution in [-0.4, -0.2) is 30.3 Å². The SMILES string of the molecule is CCCCN(Cc1ccccc1)C(=O)Cn1cc(S(=O)(=O)Cc2ccccc2F)c2ccccc21. The summed E-state index contributed by atoms with van der Waals surface area (Å²) < 4.78 is 42.5. The first-order valence-corrected chi connectivity index (χ1v) is 13.4. The van der Waals surface area contributed by atoms with Crippen LogP contribution in [0.2, 0.25) is 0 Å². The minimum absolute atomic E-state index is 0.0201. The van der Waals surface area contributed by atoms with Crippen molar-refractivity contribution in [1.82, 2.24) is 9.47 Å². The molecule has 0 fully saturated rings. The third-order valence-corrected chi connectivity index (χ3v) is 7.73. The zero-order chi connectivity index (χ0) is 24.8. The van der Waals surface area contributed by atoms with Gasteiger partial charge in [-0.25, -0.2) is 12.8 Å². The number of hydrogen-bond donors (Lipinski definition) is 0. The number of unbranched alkanes of at least 4 members (excludes halogenated alkanes) is 1. The van der Waals surface area contributed by atoms with E-state index in [1.807, 2.05) is 41.3 Å². The van der Waals surface area contributed by atoms with Gasteiger partial charge in [0.15, 0.2) is 9.84 Å². The molecule has 35 heavy (non-hydrogen) atoms. The highest BCUT2D eigenvalue weighted by molar-refractivity contribution is 7.90. The summed E-state index contributed by atoms with van der Waals surface area (Å²) in [7, 11) is -3.85. The summed E-state index contributed by atoms with van der Waals surface area (Å²) in [6, 6.07) is 22.8. The van der Waals surface area contributed by atoms with Crippen molar-refractivity contribution < 1.29 is 17.6 Å². The number of rotatable bonds is 10. The van der Waals surface area contributed by atoms with Crippen LogP contribution in [0.15, 0.2) is 90.0 Å². The van der Waals surface area contributed by atoms with Gasteiger partial charge in [-0.2, -0.15) is 0 Å². The van der Waals surface area contributed by atoms with Gasteiger partial charge in [0.1, 0.15) is 12.4 Å². The summed E-state index contributed by atoms with van der Waals surface area (Å²) in [4.78, 5) is 15.3. The van der Waals surface area contributed by atoms with Crippen LogP contribution in [0.3, 0.4) is 0 Å². The Morgan fingerprint density at radius 2 is 1.63 bits per heavy atom. The van der Waals surface area contributed by atoms with Crippen molar-refractivity contribution in [3.8, 4) is 0 Å². The maximum Gasteiger partial charge on any atom is 0.242 e. The molecule has 0 aliphatic heterocycles. The largest absolute Gasteiger partial charge is 0.337 e. The number of hydrogen-bond acceptors (Lipinski definition) is 3. The van der Waals surface area contributed by atoms with Crippen LogP contribution in [0.1, 0.15) is 30.9 Å². The Balaban J connectivity index is 1.64. The first-order chi connectivity index (χ1) is 16.9. The zero-order valence-electron chi connectivity index (χ0n) is 19.7. The van der Waals surface area contributed by atoms with E-state index in [9.17, 15) is 17.6 Å². The van der Waals surface area contributed by atoms with Gasteiger partial charge in [-0.1, -0.05) is 80.1 Å². The smallest absolute Gasteiger partial charge is 0.242 e. The van der Waals surface area contributed by atoms with E-state index in [-0.39, 0.29) is 22.9 Å². The molecule has 1 aromatic heterocycles. The van der Waals surface area contributed by atoms with Gasteiger partial charge in [0.05, 0.1) is 10.6 Å². The summed E-state index contributed by atoms with van der Waals surface area (Å²) in [5.74, 6) is -1.08. The van der Waals surface area contributed by atoms with E-state index in [0.717, 1.165) is 18.4 Å². The minimum atomic E-state index is -3.85. The normalized spacial score (nSPS) is 11.6. The molecule has 0 saturated heterocycles. The molecule has 0 saturated carbocycles. The van der Waals surface area contributed by atoms with Crippen LogP contribution in [0.5, 0.6) is 0 Å². The molecule has 1 amide bonds. The van der Waals surface area contributed by atoms with E-state index in [1.54, 1.807) is 28.8 Å². The molecule has 4 rings (SSSR count). The van der Waals surface area contributed by atoms with Crippen molar-refractivity contribution in [3.05, 3.63) is 102 Å². The predicted molar refractivity (Wildman–Crippen MR) is 136 cm³/mol. The fourth-order valence-electron chi connectivity index (χ4n) is 4.18. The number of para-hydroxylation sites is 1. The van der Waals surface area contributed by atoms with Crippen LogP contribution in [0, 0.1) is 5.82 Å². The van der Waals surface area contributed by atoms with Crippen LogP contribution < -0.4 is 0 Å². The Labute approximate surface area is 205 Å². The lowest BCUT2D eigenvalue weighted by atomic mass is 10.2. The van der Waals surface area contributed by atoms with Gasteiger partial charge in [0.25, 0.3) is 0 Å². The van der Waals surface area contributed by atoms with Crippen molar-refractivity contribution in [2.24, 2.45) is 0 Å². The molecule has 0 aliphatic rings. The first-order valence-electron chi connectivity index (χ1n) is 11.7. The molecule has 7 heteroatoms. The molecule has 0 N–H and O–H groups in total. The van der Waals surface area contributed by atoms with E-state index in [0.29, 0.717) is 24.0 Å². The number of nitrogens with zero attached hydrogens (tertiary/aromatic N) is 2. The van der Waals surface area contributed by atoms with Gasteiger partial charge >= 0.3 is 0 Å². The second-order valence-corrected chi connectivity index (χ2v) is 10.6.